The second-order valence-electron chi connectivity index (χ2n) is 4.24. The first-order valence-corrected chi connectivity index (χ1v) is 6.32. The molecule has 0 amide bonds. The molecule has 3 rings (SSSR count). The van der Waals surface area contributed by atoms with Crippen molar-refractivity contribution in [2.75, 3.05) is 0 Å². The zero-order chi connectivity index (χ0) is 13.7. The van der Waals surface area contributed by atoms with Crippen molar-refractivity contribution in [2.45, 2.75) is 6.92 Å². The van der Waals surface area contributed by atoms with Crippen LogP contribution in [0.1, 0.15) is 38.0 Å². The van der Waals surface area contributed by atoms with E-state index in [0.717, 1.165) is 0 Å². The second kappa shape index (κ2) is 3.99. The number of carbonyl (C=O) groups excluding carboxylic acids is 3. The fourth-order valence-corrected chi connectivity index (χ4v) is 2.83. The summed E-state index contributed by atoms with van der Waals surface area (Å²) in [5.41, 5.74) is 1.07. The van der Waals surface area contributed by atoms with Crippen molar-refractivity contribution in [2.24, 2.45) is 0 Å². The van der Waals surface area contributed by atoms with Crippen molar-refractivity contribution in [1.29, 1.82) is 0 Å². The molecule has 0 aromatic heterocycles. The van der Waals surface area contributed by atoms with E-state index in [9.17, 15) is 14.4 Å². The topological polar surface area (TPSA) is 60.4 Å². The molecule has 1 heterocycles. The summed E-state index contributed by atoms with van der Waals surface area (Å²) >= 11 is 3.36. The molecule has 0 aliphatic carbocycles. The van der Waals surface area contributed by atoms with E-state index in [-0.39, 0.29) is 5.78 Å². The third-order valence-corrected chi connectivity index (χ3v) is 3.78. The van der Waals surface area contributed by atoms with Crippen LogP contribution in [0.4, 0.5) is 0 Å². The zero-order valence-corrected chi connectivity index (χ0v) is 11.4. The lowest BCUT2D eigenvalue weighted by molar-refractivity contribution is 0.0391. The minimum Gasteiger partial charge on any atom is -0.386 e. The highest BCUT2D eigenvalue weighted by Gasteiger charge is 2.29. The van der Waals surface area contributed by atoms with Gasteiger partial charge in [0.05, 0.1) is 11.1 Å². The smallest absolute Gasteiger partial charge is 0.346 e. The molecule has 0 radical (unpaired) electrons. The summed E-state index contributed by atoms with van der Waals surface area (Å²) in [6, 6.07) is 6.34. The van der Waals surface area contributed by atoms with E-state index in [1.807, 2.05) is 0 Å². The normalized spacial score (nSPS) is 13.6. The molecule has 0 N–H and O–H groups in total. The fraction of sp³-hybridized carbons (Fsp3) is 0.0714. The van der Waals surface area contributed by atoms with Gasteiger partial charge in [-0.3, -0.25) is 4.79 Å². The Bertz CT molecular complexity index is 756. The summed E-state index contributed by atoms with van der Waals surface area (Å²) in [4.78, 5) is 35.1. The molecule has 0 atom stereocenters. The molecule has 94 valence electrons. The monoisotopic (exact) mass is 318 g/mol. The standard InChI is InChI=1S/C14H7BrO4/c1-6(16)7-2-3-8-11-9(14(18)19-13(8)17)4-5-10(15)12(7)11/h2-5H,1H3. The number of hydrogen-bond donors (Lipinski definition) is 0. The van der Waals surface area contributed by atoms with Gasteiger partial charge in [0, 0.05) is 20.8 Å². The van der Waals surface area contributed by atoms with Gasteiger partial charge in [0.25, 0.3) is 0 Å². The minimum absolute atomic E-state index is 0.129. The molecule has 0 saturated carbocycles. The van der Waals surface area contributed by atoms with Crippen LogP contribution in [0.3, 0.4) is 0 Å². The van der Waals surface area contributed by atoms with Crippen LogP contribution in [-0.2, 0) is 4.74 Å². The number of rotatable bonds is 1. The van der Waals surface area contributed by atoms with Gasteiger partial charge in [-0.1, -0.05) is 15.9 Å². The Morgan fingerprint density at radius 2 is 1.58 bits per heavy atom. The molecule has 1 aliphatic heterocycles. The first-order valence-electron chi connectivity index (χ1n) is 5.53. The fourth-order valence-electron chi connectivity index (χ4n) is 2.28. The van der Waals surface area contributed by atoms with Crippen LogP contribution in [0.2, 0.25) is 0 Å². The lowest BCUT2D eigenvalue weighted by Gasteiger charge is -2.17. The number of benzene rings is 2. The molecule has 2 aromatic rings. The number of ether oxygens (including phenoxy) is 1. The first kappa shape index (κ1) is 12.0. The van der Waals surface area contributed by atoms with E-state index in [4.69, 9.17) is 0 Å². The van der Waals surface area contributed by atoms with Crippen LogP contribution in [0.15, 0.2) is 28.7 Å². The maximum absolute atomic E-state index is 11.7. The second-order valence-corrected chi connectivity index (χ2v) is 5.09. The Morgan fingerprint density at radius 3 is 2.16 bits per heavy atom. The van der Waals surface area contributed by atoms with Crippen molar-refractivity contribution >= 4 is 44.4 Å². The average Bonchev–Trinajstić information content (AvgIpc) is 2.36. The average molecular weight is 319 g/mol. The third-order valence-electron chi connectivity index (χ3n) is 3.11. The van der Waals surface area contributed by atoms with E-state index in [1.54, 1.807) is 18.2 Å². The van der Waals surface area contributed by atoms with Crippen LogP contribution < -0.4 is 0 Å². The van der Waals surface area contributed by atoms with Gasteiger partial charge in [0.1, 0.15) is 0 Å². The van der Waals surface area contributed by atoms with Crippen LogP contribution in [0.25, 0.3) is 10.8 Å². The summed E-state index contributed by atoms with van der Waals surface area (Å²) in [5, 5.41) is 1.05. The molecule has 1 aliphatic rings. The van der Waals surface area contributed by atoms with E-state index in [2.05, 4.69) is 20.7 Å². The summed E-state index contributed by atoms with van der Waals surface area (Å²) in [6.45, 7) is 1.44. The molecule has 4 nitrogen and oxygen atoms in total. The maximum atomic E-state index is 11.7. The highest BCUT2D eigenvalue weighted by atomic mass is 79.9. The van der Waals surface area contributed by atoms with E-state index in [1.165, 1.54) is 13.0 Å². The first-order chi connectivity index (χ1) is 9.00. The maximum Gasteiger partial charge on any atom is 0.346 e. The van der Waals surface area contributed by atoms with Gasteiger partial charge in [0.2, 0.25) is 0 Å². The lowest BCUT2D eigenvalue weighted by atomic mass is 9.93. The van der Waals surface area contributed by atoms with Crippen LogP contribution >= 0.6 is 15.9 Å². The Morgan fingerprint density at radius 1 is 1.00 bits per heavy atom. The summed E-state index contributed by atoms with van der Waals surface area (Å²) < 4.78 is 5.33. The van der Waals surface area contributed by atoms with Crippen LogP contribution in [-0.4, -0.2) is 17.7 Å². The van der Waals surface area contributed by atoms with Gasteiger partial charge in [-0.05, 0) is 31.2 Å². The predicted octanol–water partition coefficient (Wildman–Crippen LogP) is 3.12. The van der Waals surface area contributed by atoms with Gasteiger partial charge < -0.3 is 4.74 Å². The number of cyclic esters (lactones) is 2. The van der Waals surface area contributed by atoms with Gasteiger partial charge in [-0.25, -0.2) is 9.59 Å². The summed E-state index contributed by atoms with van der Waals surface area (Å²) in [5.74, 6) is -1.50. The minimum atomic E-state index is -0.685. The molecule has 0 bridgehead atoms. The van der Waals surface area contributed by atoms with Gasteiger partial charge >= 0.3 is 11.9 Å². The largest absolute Gasteiger partial charge is 0.386 e. The Labute approximate surface area is 116 Å². The molecule has 0 fully saturated rings. The quantitative estimate of drug-likeness (QED) is 0.460. The van der Waals surface area contributed by atoms with Crippen LogP contribution in [0.5, 0.6) is 0 Å². The highest BCUT2D eigenvalue weighted by molar-refractivity contribution is 9.10. The number of Topliss-reactive ketones (excluding diaryl/α,β-unsaturated/α-hetero) is 1. The van der Waals surface area contributed by atoms with Crippen molar-refractivity contribution in [3.63, 3.8) is 0 Å². The molecule has 2 aromatic carbocycles. The zero-order valence-electron chi connectivity index (χ0n) is 9.82. The molecule has 19 heavy (non-hydrogen) atoms. The molecule has 5 heteroatoms. The number of esters is 2. The van der Waals surface area contributed by atoms with Crippen molar-refractivity contribution in [1.82, 2.24) is 0 Å². The molecule has 0 unspecified atom stereocenters. The summed E-state index contributed by atoms with van der Waals surface area (Å²) in [6.07, 6.45) is 0. The molecular weight excluding hydrogens is 312 g/mol. The van der Waals surface area contributed by atoms with Crippen molar-refractivity contribution in [3.8, 4) is 0 Å². The molecule has 0 saturated heterocycles. The Balaban J connectivity index is 2.58. The van der Waals surface area contributed by atoms with E-state index in [0.29, 0.717) is 31.9 Å². The van der Waals surface area contributed by atoms with Gasteiger partial charge in [-0.15, -0.1) is 0 Å². The number of hydrogen-bond acceptors (Lipinski definition) is 4. The molecule has 0 spiro atoms. The highest BCUT2D eigenvalue weighted by Crippen LogP contribution is 2.35. The number of halogens is 1. The van der Waals surface area contributed by atoms with E-state index >= 15 is 0 Å². The molecular formula is C14H7BrO4. The van der Waals surface area contributed by atoms with Gasteiger partial charge in [0.15, 0.2) is 5.78 Å². The SMILES string of the molecule is CC(=O)c1ccc2c3c(ccc(Br)c13)C(=O)OC2=O. The van der Waals surface area contributed by atoms with E-state index < -0.39 is 11.9 Å². The third kappa shape index (κ3) is 1.62. The van der Waals surface area contributed by atoms with Crippen molar-refractivity contribution < 1.29 is 19.1 Å². The Kier molecular flexibility index (Phi) is 2.53. The number of carbonyl (C=O) groups is 3. The lowest BCUT2D eigenvalue weighted by Crippen LogP contribution is -2.20. The Hall–Kier alpha value is -2.01. The van der Waals surface area contributed by atoms with Crippen molar-refractivity contribution in [3.05, 3.63) is 45.4 Å². The number of ketones is 1. The van der Waals surface area contributed by atoms with Crippen LogP contribution in [0, 0.1) is 0 Å². The summed E-state index contributed by atoms with van der Waals surface area (Å²) in [7, 11) is 0. The van der Waals surface area contributed by atoms with Gasteiger partial charge in [-0.2, -0.15) is 0 Å². The predicted molar refractivity (Wildman–Crippen MR) is 71.4 cm³/mol.